The van der Waals surface area contributed by atoms with Crippen LogP contribution < -0.4 is 15.4 Å². The first-order valence-electron chi connectivity index (χ1n) is 9.69. The lowest BCUT2D eigenvalue weighted by Crippen LogP contribution is -2.40. The predicted molar refractivity (Wildman–Crippen MR) is 112 cm³/mol. The molecule has 0 radical (unpaired) electrons. The van der Waals surface area contributed by atoms with Gasteiger partial charge in [0.1, 0.15) is 11.2 Å². The number of amides is 2. The highest BCUT2D eigenvalue weighted by Gasteiger charge is 2.56. The summed E-state index contributed by atoms with van der Waals surface area (Å²) in [6, 6.07) is 17.1. The zero-order chi connectivity index (χ0) is 20.3. The maximum absolute atomic E-state index is 12.9. The van der Waals surface area contributed by atoms with Crippen LogP contribution in [0.4, 0.5) is 5.69 Å². The van der Waals surface area contributed by atoms with E-state index < -0.39 is 5.41 Å². The van der Waals surface area contributed by atoms with Crippen LogP contribution in [0.3, 0.4) is 0 Å². The molecule has 1 fully saturated rings. The highest BCUT2D eigenvalue weighted by Crippen LogP contribution is 2.47. The molecule has 0 atom stereocenters. The van der Waals surface area contributed by atoms with E-state index >= 15 is 0 Å². The zero-order valence-corrected chi connectivity index (χ0v) is 16.3. The van der Waals surface area contributed by atoms with Crippen LogP contribution in [0.15, 0.2) is 60.8 Å². The maximum atomic E-state index is 12.9. The first-order valence-corrected chi connectivity index (χ1v) is 9.69. The normalized spacial score (nSPS) is 14.2. The molecule has 2 amide bonds. The summed E-state index contributed by atoms with van der Waals surface area (Å²) in [4.78, 5) is 29.9. The zero-order valence-electron chi connectivity index (χ0n) is 16.3. The summed E-state index contributed by atoms with van der Waals surface area (Å²) in [6.45, 7) is 0.482. The van der Waals surface area contributed by atoms with Crippen molar-refractivity contribution in [1.82, 2.24) is 10.3 Å². The predicted octanol–water partition coefficient (Wildman–Crippen LogP) is 3.32. The fourth-order valence-corrected chi connectivity index (χ4v) is 3.41. The van der Waals surface area contributed by atoms with Gasteiger partial charge >= 0.3 is 0 Å². The number of nitrogens with one attached hydrogen (secondary N) is 2. The van der Waals surface area contributed by atoms with Gasteiger partial charge in [0.05, 0.1) is 18.3 Å². The van der Waals surface area contributed by atoms with Gasteiger partial charge in [0.2, 0.25) is 11.8 Å². The second-order valence-electron chi connectivity index (χ2n) is 7.27. The second-order valence-corrected chi connectivity index (χ2v) is 7.27. The molecular weight excluding hydrogens is 366 g/mol. The molecule has 1 aliphatic carbocycles. The number of pyridine rings is 1. The number of benzene rings is 2. The lowest BCUT2D eigenvalue weighted by Gasteiger charge is -2.16. The number of anilines is 1. The summed E-state index contributed by atoms with van der Waals surface area (Å²) in [5.41, 5.74) is 1.48. The van der Waals surface area contributed by atoms with Crippen molar-refractivity contribution < 1.29 is 14.3 Å². The summed E-state index contributed by atoms with van der Waals surface area (Å²) < 4.78 is 5.15. The van der Waals surface area contributed by atoms with Crippen molar-refractivity contribution in [3.8, 4) is 5.75 Å². The van der Waals surface area contributed by atoms with Crippen molar-refractivity contribution in [2.45, 2.75) is 19.3 Å². The van der Waals surface area contributed by atoms with Crippen molar-refractivity contribution >= 4 is 28.4 Å². The van der Waals surface area contributed by atoms with Crippen molar-refractivity contribution in [2.24, 2.45) is 5.41 Å². The Kier molecular flexibility index (Phi) is 5.16. The third-order valence-electron chi connectivity index (χ3n) is 5.36. The lowest BCUT2D eigenvalue weighted by atomic mass is 10.0. The number of hydrogen-bond acceptors (Lipinski definition) is 4. The SMILES string of the molecule is COc1ccc(CCNC(=O)C2(C(=O)Nc3cccc4cccnc34)CC2)cc1. The Morgan fingerprint density at radius 3 is 2.52 bits per heavy atom. The first kappa shape index (κ1) is 18.9. The van der Waals surface area contributed by atoms with Crippen molar-refractivity contribution in [2.75, 3.05) is 19.0 Å². The monoisotopic (exact) mass is 389 g/mol. The molecule has 1 saturated carbocycles. The number of ether oxygens (including phenoxy) is 1. The lowest BCUT2D eigenvalue weighted by molar-refractivity contribution is -0.134. The molecule has 0 bridgehead atoms. The minimum atomic E-state index is -0.975. The van der Waals surface area contributed by atoms with Crippen molar-refractivity contribution in [3.63, 3.8) is 0 Å². The smallest absolute Gasteiger partial charge is 0.240 e. The third-order valence-corrected chi connectivity index (χ3v) is 5.36. The number of fused-ring (bicyclic) bond motifs is 1. The summed E-state index contributed by atoms with van der Waals surface area (Å²) in [5, 5.41) is 6.78. The standard InChI is InChI=1S/C23H23N3O3/c1-29-18-9-7-16(8-10-18)11-15-25-21(27)23(12-13-23)22(28)26-19-6-2-4-17-5-3-14-24-20(17)19/h2-10,14H,11-13,15H2,1H3,(H,25,27)(H,26,28). The Labute approximate surface area is 169 Å². The highest BCUT2D eigenvalue weighted by molar-refractivity contribution is 6.14. The van der Waals surface area contributed by atoms with Crippen LogP contribution in [0.25, 0.3) is 10.9 Å². The number of para-hydroxylation sites is 1. The molecule has 1 aromatic heterocycles. The van der Waals surface area contributed by atoms with Crippen molar-refractivity contribution in [1.29, 1.82) is 0 Å². The Hall–Kier alpha value is -3.41. The Morgan fingerprint density at radius 1 is 1.03 bits per heavy atom. The van der Waals surface area contributed by atoms with E-state index in [0.717, 1.165) is 22.2 Å². The molecule has 4 rings (SSSR count). The number of methoxy groups -OCH3 is 1. The van der Waals surface area contributed by atoms with Gasteiger partial charge in [0.25, 0.3) is 0 Å². The molecule has 6 nitrogen and oxygen atoms in total. The Morgan fingerprint density at radius 2 is 1.79 bits per heavy atom. The summed E-state index contributed by atoms with van der Waals surface area (Å²) in [7, 11) is 1.63. The molecule has 29 heavy (non-hydrogen) atoms. The van der Waals surface area contributed by atoms with E-state index in [4.69, 9.17) is 4.74 Å². The van der Waals surface area contributed by atoms with E-state index in [1.54, 1.807) is 13.3 Å². The van der Waals surface area contributed by atoms with Crippen LogP contribution >= 0.6 is 0 Å². The number of hydrogen-bond donors (Lipinski definition) is 2. The van der Waals surface area contributed by atoms with E-state index in [-0.39, 0.29) is 11.8 Å². The molecule has 6 heteroatoms. The van der Waals surface area contributed by atoms with Gasteiger partial charge in [-0.15, -0.1) is 0 Å². The minimum absolute atomic E-state index is 0.211. The maximum Gasteiger partial charge on any atom is 0.240 e. The van der Waals surface area contributed by atoms with Gasteiger partial charge in [-0.25, -0.2) is 0 Å². The minimum Gasteiger partial charge on any atom is -0.497 e. The summed E-state index contributed by atoms with van der Waals surface area (Å²) in [5.74, 6) is 0.323. The molecule has 3 aromatic rings. The fraction of sp³-hybridized carbons (Fsp3) is 0.261. The van der Waals surface area contributed by atoms with Gasteiger partial charge < -0.3 is 15.4 Å². The highest BCUT2D eigenvalue weighted by atomic mass is 16.5. The summed E-state index contributed by atoms with van der Waals surface area (Å²) >= 11 is 0. The van der Waals surface area contributed by atoms with E-state index in [1.165, 1.54) is 0 Å². The van der Waals surface area contributed by atoms with Gasteiger partial charge in [-0.05, 0) is 49.1 Å². The van der Waals surface area contributed by atoms with Gasteiger partial charge in [-0.1, -0.05) is 30.3 Å². The largest absolute Gasteiger partial charge is 0.497 e. The number of rotatable bonds is 7. The number of aromatic nitrogens is 1. The molecule has 2 aromatic carbocycles. The molecule has 1 aliphatic rings. The molecule has 0 unspecified atom stereocenters. The average molecular weight is 389 g/mol. The third kappa shape index (κ3) is 3.92. The molecule has 0 aliphatic heterocycles. The van der Waals surface area contributed by atoms with E-state index in [0.29, 0.717) is 31.5 Å². The Balaban J connectivity index is 1.37. The topological polar surface area (TPSA) is 80.3 Å². The van der Waals surface area contributed by atoms with Crippen LogP contribution in [0.5, 0.6) is 5.75 Å². The quantitative estimate of drug-likeness (QED) is 0.608. The first-order chi connectivity index (χ1) is 14.1. The van der Waals surface area contributed by atoms with Gasteiger partial charge in [-0.2, -0.15) is 0 Å². The summed E-state index contributed by atoms with van der Waals surface area (Å²) in [6.07, 6.45) is 3.51. The molecule has 148 valence electrons. The molecule has 1 heterocycles. The van der Waals surface area contributed by atoms with Crippen molar-refractivity contribution in [3.05, 3.63) is 66.4 Å². The second kappa shape index (κ2) is 7.91. The van der Waals surface area contributed by atoms with Gasteiger partial charge in [-0.3, -0.25) is 14.6 Å². The number of nitrogens with zero attached hydrogens (tertiary/aromatic N) is 1. The van der Waals surface area contributed by atoms with Crippen LogP contribution in [-0.2, 0) is 16.0 Å². The van der Waals surface area contributed by atoms with Crippen LogP contribution in [0.1, 0.15) is 18.4 Å². The molecule has 0 spiro atoms. The van der Waals surface area contributed by atoms with Gasteiger partial charge in [0.15, 0.2) is 0 Å². The van der Waals surface area contributed by atoms with Crippen LogP contribution in [0.2, 0.25) is 0 Å². The average Bonchev–Trinajstić information content (AvgIpc) is 3.57. The molecule has 0 saturated heterocycles. The Bertz CT molecular complexity index is 1040. The van der Waals surface area contributed by atoms with Crippen LogP contribution in [-0.4, -0.2) is 30.5 Å². The number of carbonyl (C=O) groups is 2. The number of carbonyl (C=O) groups excluding carboxylic acids is 2. The molecular formula is C23H23N3O3. The van der Waals surface area contributed by atoms with E-state index in [9.17, 15) is 9.59 Å². The van der Waals surface area contributed by atoms with Gasteiger partial charge in [0, 0.05) is 18.1 Å². The molecule has 2 N–H and O–H groups in total. The van der Waals surface area contributed by atoms with E-state index in [1.807, 2.05) is 54.6 Å². The fourth-order valence-electron chi connectivity index (χ4n) is 3.41. The van der Waals surface area contributed by atoms with E-state index in [2.05, 4.69) is 15.6 Å². The van der Waals surface area contributed by atoms with Crippen LogP contribution in [0, 0.1) is 5.41 Å².